The second-order valence-corrected chi connectivity index (χ2v) is 8.08. The van der Waals surface area contributed by atoms with Crippen molar-refractivity contribution in [3.8, 4) is 5.75 Å². The molecule has 0 radical (unpaired) electrons. The number of likely N-dealkylation sites (tertiary alicyclic amines) is 1. The van der Waals surface area contributed by atoms with Crippen LogP contribution in [0.25, 0.3) is 0 Å². The molecule has 1 atom stereocenters. The highest BCUT2D eigenvalue weighted by Gasteiger charge is 2.42. The molecule has 0 saturated carbocycles. The number of hydrogen-bond acceptors (Lipinski definition) is 5. The van der Waals surface area contributed by atoms with E-state index in [9.17, 15) is 22.8 Å². The van der Waals surface area contributed by atoms with Gasteiger partial charge < -0.3 is 24.0 Å². The van der Waals surface area contributed by atoms with Gasteiger partial charge in [0.1, 0.15) is 12.4 Å². The predicted octanol–water partition coefficient (Wildman–Crippen LogP) is 2.84. The van der Waals surface area contributed by atoms with E-state index in [4.69, 9.17) is 9.47 Å². The van der Waals surface area contributed by atoms with Gasteiger partial charge >= 0.3 is 6.36 Å². The van der Waals surface area contributed by atoms with Crippen molar-refractivity contribution in [2.45, 2.75) is 43.8 Å². The largest absolute Gasteiger partial charge is 0.573 e. The maximum Gasteiger partial charge on any atom is 0.573 e. The highest BCUT2D eigenvalue weighted by atomic mass is 19.4. The molecule has 2 amide bonds. The standard InChI is InChI=1S/C21H27F3N2O5/c1-25(2)18(27)14-29-15-7-12-30-20(13-15)8-10-26(11-9-20)19(28)16-5-3-4-6-17(16)31-21(22,23)24/h3-6,15H,7-14H2,1-2H3. The van der Waals surface area contributed by atoms with Crippen LogP contribution in [-0.4, -0.2) is 80.1 Å². The van der Waals surface area contributed by atoms with E-state index >= 15 is 0 Å². The molecule has 1 aromatic rings. The number of piperidine rings is 1. The lowest BCUT2D eigenvalue weighted by molar-refractivity contribution is -0.274. The van der Waals surface area contributed by atoms with Gasteiger partial charge in [0, 0.05) is 40.2 Å². The van der Waals surface area contributed by atoms with E-state index in [0.29, 0.717) is 45.4 Å². The number of amides is 2. The molecule has 2 aliphatic rings. The van der Waals surface area contributed by atoms with Gasteiger partial charge in [0.25, 0.3) is 5.91 Å². The lowest BCUT2D eigenvalue weighted by atomic mass is 9.83. The Morgan fingerprint density at radius 3 is 2.55 bits per heavy atom. The van der Waals surface area contributed by atoms with E-state index in [1.807, 2.05) is 0 Å². The molecule has 0 aliphatic carbocycles. The molecule has 0 bridgehead atoms. The summed E-state index contributed by atoms with van der Waals surface area (Å²) < 4.78 is 53.8. The fraction of sp³-hybridized carbons (Fsp3) is 0.619. The number of carbonyl (C=O) groups is 2. The molecule has 2 heterocycles. The van der Waals surface area contributed by atoms with Crippen LogP contribution in [-0.2, 0) is 14.3 Å². The number of hydrogen-bond donors (Lipinski definition) is 0. The van der Waals surface area contributed by atoms with Gasteiger partial charge in [-0.05, 0) is 31.4 Å². The summed E-state index contributed by atoms with van der Waals surface area (Å²) >= 11 is 0. The van der Waals surface area contributed by atoms with Gasteiger partial charge in [-0.1, -0.05) is 12.1 Å². The number of nitrogens with zero attached hydrogens (tertiary/aromatic N) is 2. The molecule has 3 rings (SSSR count). The Kier molecular flexibility index (Phi) is 7.10. The minimum Gasteiger partial charge on any atom is -0.405 e. The number of benzene rings is 1. The van der Waals surface area contributed by atoms with E-state index in [2.05, 4.69) is 4.74 Å². The first kappa shape index (κ1) is 23.3. The number of para-hydroxylation sites is 1. The van der Waals surface area contributed by atoms with E-state index in [1.54, 1.807) is 14.1 Å². The molecule has 2 fully saturated rings. The van der Waals surface area contributed by atoms with Gasteiger partial charge in [0.2, 0.25) is 5.91 Å². The van der Waals surface area contributed by atoms with Gasteiger partial charge in [-0.25, -0.2) is 0 Å². The number of rotatable bonds is 5. The second-order valence-electron chi connectivity index (χ2n) is 8.08. The maximum absolute atomic E-state index is 12.9. The van der Waals surface area contributed by atoms with E-state index in [-0.39, 0.29) is 24.2 Å². The van der Waals surface area contributed by atoms with Crippen LogP contribution >= 0.6 is 0 Å². The Morgan fingerprint density at radius 2 is 1.90 bits per heavy atom. The molecular formula is C21H27F3N2O5. The summed E-state index contributed by atoms with van der Waals surface area (Å²) in [6.45, 7) is 1.20. The summed E-state index contributed by atoms with van der Waals surface area (Å²) in [4.78, 5) is 27.6. The van der Waals surface area contributed by atoms with Crippen LogP contribution in [0.4, 0.5) is 13.2 Å². The molecule has 1 aromatic carbocycles. The van der Waals surface area contributed by atoms with Crippen LogP contribution in [0.2, 0.25) is 0 Å². The molecule has 7 nitrogen and oxygen atoms in total. The summed E-state index contributed by atoms with van der Waals surface area (Å²) in [6, 6.07) is 5.35. The molecular weight excluding hydrogens is 417 g/mol. The van der Waals surface area contributed by atoms with Crippen molar-refractivity contribution in [3.05, 3.63) is 29.8 Å². The van der Waals surface area contributed by atoms with Crippen LogP contribution < -0.4 is 4.74 Å². The molecule has 172 valence electrons. The van der Waals surface area contributed by atoms with Crippen molar-refractivity contribution in [1.82, 2.24) is 9.80 Å². The minimum absolute atomic E-state index is 0.00828. The number of carbonyl (C=O) groups excluding carboxylic acids is 2. The van der Waals surface area contributed by atoms with Gasteiger partial charge in [-0.3, -0.25) is 9.59 Å². The zero-order valence-corrected chi connectivity index (χ0v) is 17.6. The van der Waals surface area contributed by atoms with Gasteiger partial charge in [0.15, 0.2) is 0 Å². The van der Waals surface area contributed by atoms with Crippen molar-refractivity contribution < 1.29 is 37.0 Å². The van der Waals surface area contributed by atoms with Crippen molar-refractivity contribution in [3.63, 3.8) is 0 Å². The maximum atomic E-state index is 12.9. The zero-order chi connectivity index (χ0) is 22.6. The second kappa shape index (κ2) is 9.44. The lowest BCUT2D eigenvalue weighted by Gasteiger charge is -2.46. The number of ether oxygens (including phenoxy) is 3. The predicted molar refractivity (Wildman–Crippen MR) is 105 cm³/mol. The van der Waals surface area contributed by atoms with Crippen LogP contribution in [0.5, 0.6) is 5.75 Å². The molecule has 0 aromatic heterocycles. The van der Waals surface area contributed by atoms with Gasteiger partial charge in [0.05, 0.1) is 17.3 Å². The lowest BCUT2D eigenvalue weighted by Crippen LogP contribution is -2.52. The molecule has 1 unspecified atom stereocenters. The third-order valence-electron chi connectivity index (χ3n) is 5.69. The molecule has 10 heteroatoms. The number of likely N-dealkylation sites (N-methyl/N-ethyl adjacent to an activating group) is 1. The Morgan fingerprint density at radius 1 is 1.23 bits per heavy atom. The first-order valence-corrected chi connectivity index (χ1v) is 10.2. The Bertz CT molecular complexity index is 791. The SMILES string of the molecule is CN(C)C(=O)COC1CCOC2(CCN(C(=O)c3ccccc3OC(F)(F)F)CC2)C1. The van der Waals surface area contributed by atoms with E-state index in [0.717, 1.165) is 6.07 Å². The van der Waals surface area contributed by atoms with Crippen molar-refractivity contribution in [2.24, 2.45) is 0 Å². The quantitative estimate of drug-likeness (QED) is 0.699. The fourth-order valence-electron chi connectivity index (χ4n) is 3.94. The smallest absolute Gasteiger partial charge is 0.405 e. The molecule has 0 N–H and O–H groups in total. The van der Waals surface area contributed by atoms with Gasteiger partial charge in [-0.15, -0.1) is 13.2 Å². The summed E-state index contributed by atoms with van der Waals surface area (Å²) in [6.07, 6.45) is -2.59. The summed E-state index contributed by atoms with van der Waals surface area (Å²) in [5.74, 6) is -1.12. The van der Waals surface area contributed by atoms with Gasteiger partial charge in [-0.2, -0.15) is 0 Å². The minimum atomic E-state index is -4.87. The normalized spacial score (nSPS) is 21.1. The number of alkyl halides is 3. The van der Waals surface area contributed by atoms with E-state index < -0.39 is 23.6 Å². The van der Waals surface area contributed by atoms with Crippen LogP contribution in [0.15, 0.2) is 24.3 Å². The van der Waals surface area contributed by atoms with Crippen molar-refractivity contribution >= 4 is 11.8 Å². The van der Waals surface area contributed by atoms with Crippen LogP contribution in [0, 0.1) is 0 Å². The average molecular weight is 444 g/mol. The molecule has 1 spiro atoms. The molecule has 2 saturated heterocycles. The van der Waals surface area contributed by atoms with Crippen LogP contribution in [0.3, 0.4) is 0 Å². The Balaban J connectivity index is 1.59. The summed E-state index contributed by atoms with van der Waals surface area (Å²) in [5.41, 5.74) is -0.577. The molecule has 2 aliphatic heterocycles. The summed E-state index contributed by atoms with van der Waals surface area (Å²) in [7, 11) is 3.34. The number of halogens is 3. The van der Waals surface area contributed by atoms with Crippen LogP contribution in [0.1, 0.15) is 36.0 Å². The third-order valence-corrected chi connectivity index (χ3v) is 5.69. The highest BCUT2D eigenvalue weighted by Crippen LogP contribution is 2.37. The van der Waals surface area contributed by atoms with Crippen molar-refractivity contribution in [2.75, 3.05) is 40.4 Å². The fourth-order valence-corrected chi connectivity index (χ4v) is 3.94. The monoisotopic (exact) mass is 444 g/mol. The summed E-state index contributed by atoms with van der Waals surface area (Å²) in [5, 5.41) is 0. The molecule has 31 heavy (non-hydrogen) atoms. The third kappa shape index (κ3) is 6.10. The topological polar surface area (TPSA) is 68.3 Å². The van der Waals surface area contributed by atoms with Crippen molar-refractivity contribution in [1.29, 1.82) is 0 Å². The Labute approximate surface area is 179 Å². The highest BCUT2D eigenvalue weighted by molar-refractivity contribution is 5.97. The Hall–Kier alpha value is -2.33. The first-order chi connectivity index (χ1) is 14.6. The first-order valence-electron chi connectivity index (χ1n) is 10.2. The van der Waals surface area contributed by atoms with E-state index in [1.165, 1.54) is 28.0 Å². The average Bonchev–Trinajstić information content (AvgIpc) is 2.71. The zero-order valence-electron chi connectivity index (χ0n) is 17.6.